The van der Waals surface area contributed by atoms with Crippen LogP contribution in [0, 0.1) is 0 Å². The molecular weight excluding hydrogens is 214 g/mol. The number of fused-ring (bicyclic) bond motifs is 2. The second-order valence-corrected chi connectivity index (χ2v) is 5.74. The maximum absolute atomic E-state index is 11.8. The third-order valence-corrected chi connectivity index (χ3v) is 4.07. The molecule has 0 saturated carbocycles. The molecule has 98 valence electrons. The van der Waals surface area contributed by atoms with Gasteiger partial charge < -0.3 is 10.6 Å². The number of rotatable bonds is 4. The summed E-state index contributed by atoms with van der Waals surface area (Å²) >= 11 is 0. The normalized spacial score (nSPS) is 33.1. The lowest BCUT2D eigenvalue weighted by molar-refractivity contribution is -0.124. The minimum absolute atomic E-state index is 0.180. The molecule has 2 saturated heterocycles. The van der Waals surface area contributed by atoms with Crippen molar-refractivity contribution in [2.75, 3.05) is 13.6 Å². The fourth-order valence-corrected chi connectivity index (χ4v) is 3.30. The van der Waals surface area contributed by atoms with Crippen molar-refractivity contribution in [3.63, 3.8) is 0 Å². The molecule has 2 atom stereocenters. The molecule has 4 nitrogen and oxygen atoms in total. The molecule has 0 radical (unpaired) electrons. The van der Waals surface area contributed by atoms with Gasteiger partial charge in [0.2, 0.25) is 5.91 Å². The quantitative estimate of drug-likeness (QED) is 0.760. The van der Waals surface area contributed by atoms with Crippen molar-refractivity contribution in [3.8, 4) is 0 Å². The van der Waals surface area contributed by atoms with Crippen LogP contribution in [0.25, 0.3) is 0 Å². The van der Waals surface area contributed by atoms with Crippen molar-refractivity contribution in [1.29, 1.82) is 0 Å². The van der Waals surface area contributed by atoms with Crippen LogP contribution in [0.4, 0.5) is 0 Å². The van der Waals surface area contributed by atoms with E-state index in [0.29, 0.717) is 24.7 Å². The van der Waals surface area contributed by atoms with Gasteiger partial charge in [-0.2, -0.15) is 0 Å². The SMILES string of the molecule is CNC1CC2CCC(C1)N2CC(=O)NC(C)C. The highest BCUT2D eigenvalue weighted by Crippen LogP contribution is 2.35. The Bertz CT molecular complexity index is 266. The predicted octanol–water partition coefficient (Wildman–Crippen LogP) is 0.726. The van der Waals surface area contributed by atoms with Crippen LogP contribution in [-0.4, -0.2) is 48.6 Å². The minimum Gasteiger partial charge on any atom is -0.353 e. The molecule has 2 unspecified atom stereocenters. The number of nitrogens with one attached hydrogen (secondary N) is 2. The minimum atomic E-state index is 0.180. The zero-order chi connectivity index (χ0) is 12.4. The Morgan fingerprint density at radius 3 is 2.35 bits per heavy atom. The second kappa shape index (κ2) is 5.36. The van der Waals surface area contributed by atoms with Gasteiger partial charge >= 0.3 is 0 Å². The standard InChI is InChI=1S/C13H25N3O/c1-9(2)15-13(17)8-16-11-4-5-12(16)7-10(6-11)14-3/h9-12,14H,4-8H2,1-3H3,(H,15,17). The summed E-state index contributed by atoms with van der Waals surface area (Å²) in [7, 11) is 2.05. The molecule has 0 aromatic heterocycles. The number of nitrogens with zero attached hydrogens (tertiary/aromatic N) is 1. The van der Waals surface area contributed by atoms with Crippen molar-refractivity contribution >= 4 is 5.91 Å². The first-order chi connectivity index (χ1) is 8.10. The summed E-state index contributed by atoms with van der Waals surface area (Å²) in [5, 5.41) is 6.37. The topological polar surface area (TPSA) is 44.4 Å². The van der Waals surface area contributed by atoms with E-state index in [1.807, 2.05) is 20.9 Å². The first kappa shape index (κ1) is 12.8. The van der Waals surface area contributed by atoms with Gasteiger partial charge in [-0.25, -0.2) is 0 Å². The summed E-state index contributed by atoms with van der Waals surface area (Å²) in [6.45, 7) is 4.61. The first-order valence-electron chi connectivity index (χ1n) is 6.82. The maximum Gasteiger partial charge on any atom is 0.234 e. The molecule has 0 aliphatic carbocycles. The van der Waals surface area contributed by atoms with E-state index >= 15 is 0 Å². The molecule has 2 aliphatic heterocycles. The van der Waals surface area contributed by atoms with Crippen molar-refractivity contribution in [2.45, 2.75) is 63.7 Å². The molecule has 2 rings (SSSR count). The Kier molecular flexibility index (Phi) is 4.05. The number of hydrogen-bond acceptors (Lipinski definition) is 3. The van der Waals surface area contributed by atoms with Crippen LogP contribution < -0.4 is 10.6 Å². The summed E-state index contributed by atoms with van der Waals surface area (Å²) < 4.78 is 0. The summed E-state index contributed by atoms with van der Waals surface area (Å²) in [5.74, 6) is 0.180. The first-order valence-corrected chi connectivity index (χ1v) is 6.82. The average Bonchev–Trinajstić information content (AvgIpc) is 2.50. The van der Waals surface area contributed by atoms with Crippen LogP contribution in [-0.2, 0) is 4.79 Å². The number of carbonyl (C=O) groups is 1. The Balaban J connectivity index is 1.89. The van der Waals surface area contributed by atoms with Gasteiger partial charge in [0, 0.05) is 24.2 Å². The molecule has 2 heterocycles. The fraction of sp³-hybridized carbons (Fsp3) is 0.923. The molecule has 2 N–H and O–H groups in total. The summed E-state index contributed by atoms with van der Waals surface area (Å²) in [6.07, 6.45) is 4.92. The number of piperidine rings is 1. The molecule has 0 aromatic carbocycles. The maximum atomic E-state index is 11.8. The van der Waals surface area contributed by atoms with Crippen molar-refractivity contribution < 1.29 is 4.79 Å². The smallest absolute Gasteiger partial charge is 0.234 e. The third-order valence-electron chi connectivity index (χ3n) is 4.07. The molecule has 0 spiro atoms. The Labute approximate surface area is 104 Å². The van der Waals surface area contributed by atoms with Gasteiger partial charge in [-0.15, -0.1) is 0 Å². The average molecular weight is 239 g/mol. The van der Waals surface area contributed by atoms with Gasteiger partial charge in [0.05, 0.1) is 6.54 Å². The lowest BCUT2D eigenvalue weighted by Crippen LogP contribution is -2.52. The van der Waals surface area contributed by atoms with Crippen LogP contribution in [0.5, 0.6) is 0 Å². The van der Waals surface area contributed by atoms with Gasteiger partial charge in [0.15, 0.2) is 0 Å². The zero-order valence-corrected chi connectivity index (χ0v) is 11.2. The fourth-order valence-electron chi connectivity index (χ4n) is 3.30. The van der Waals surface area contributed by atoms with Crippen LogP contribution >= 0.6 is 0 Å². The van der Waals surface area contributed by atoms with Crippen molar-refractivity contribution in [1.82, 2.24) is 15.5 Å². The van der Waals surface area contributed by atoms with Crippen molar-refractivity contribution in [2.24, 2.45) is 0 Å². The predicted molar refractivity (Wildman–Crippen MR) is 68.9 cm³/mol. The van der Waals surface area contributed by atoms with Crippen molar-refractivity contribution in [3.05, 3.63) is 0 Å². The lowest BCUT2D eigenvalue weighted by atomic mass is 9.97. The van der Waals surface area contributed by atoms with E-state index in [9.17, 15) is 4.79 Å². The third kappa shape index (κ3) is 2.99. The molecule has 4 heteroatoms. The number of amides is 1. The lowest BCUT2D eigenvalue weighted by Gasteiger charge is -2.38. The Hall–Kier alpha value is -0.610. The Morgan fingerprint density at radius 2 is 1.88 bits per heavy atom. The van der Waals surface area contributed by atoms with Gasteiger partial charge in [-0.05, 0) is 46.6 Å². The van der Waals surface area contributed by atoms with Gasteiger partial charge in [-0.1, -0.05) is 0 Å². The van der Waals surface area contributed by atoms with Crippen LogP contribution in [0.1, 0.15) is 39.5 Å². The summed E-state index contributed by atoms with van der Waals surface area (Å²) in [5.41, 5.74) is 0. The van der Waals surface area contributed by atoms with E-state index in [2.05, 4.69) is 15.5 Å². The monoisotopic (exact) mass is 239 g/mol. The van der Waals surface area contributed by atoms with Crippen LogP contribution in [0.3, 0.4) is 0 Å². The zero-order valence-electron chi connectivity index (χ0n) is 11.2. The highest BCUT2D eigenvalue weighted by Gasteiger charge is 2.40. The van der Waals surface area contributed by atoms with E-state index in [4.69, 9.17) is 0 Å². The molecule has 17 heavy (non-hydrogen) atoms. The molecule has 2 fully saturated rings. The highest BCUT2D eigenvalue weighted by atomic mass is 16.2. The van der Waals surface area contributed by atoms with E-state index in [1.54, 1.807) is 0 Å². The van der Waals surface area contributed by atoms with E-state index < -0.39 is 0 Å². The Morgan fingerprint density at radius 1 is 1.29 bits per heavy atom. The molecule has 0 aromatic rings. The van der Waals surface area contributed by atoms with E-state index in [-0.39, 0.29) is 11.9 Å². The van der Waals surface area contributed by atoms with E-state index in [0.717, 1.165) is 0 Å². The summed E-state index contributed by atoms with van der Waals surface area (Å²) in [6, 6.07) is 2.13. The second-order valence-electron chi connectivity index (χ2n) is 5.74. The van der Waals surface area contributed by atoms with Crippen LogP contribution in [0.15, 0.2) is 0 Å². The van der Waals surface area contributed by atoms with Gasteiger partial charge in [0.1, 0.15) is 0 Å². The van der Waals surface area contributed by atoms with Gasteiger partial charge in [-0.3, -0.25) is 9.69 Å². The largest absolute Gasteiger partial charge is 0.353 e. The van der Waals surface area contributed by atoms with Gasteiger partial charge in [0.25, 0.3) is 0 Å². The number of carbonyl (C=O) groups excluding carboxylic acids is 1. The van der Waals surface area contributed by atoms with E-state index in [1.165, 1.54) is 25.7 Å². The molecule has 2 bridgehead atoms. The molecule has 2 aliphatic rings. The van der Waals surface area contributed by atoms with Crippen LogP contribution in [0.2, 0.25) is 0 Å². The highest BCUT2D eigenvalue weighted by molar-refractivity contribution is 5.78. The number of hydrogen-bond donors (Lipinski definition) is 2. The summed E-state index contributed by atoms with van der Waals surface area (Å²) in [4.78, 5) is 14.2. The molecular formula is C13H25N3O. The molecule has 1 amide bonds.